The van der Waals surface area contributed by atoms with E-state index in [9.17, 15) is 8.78 Å². The molecule has 0 bridgehead atoms. The first kappa shape index (κ1) is 22.2. The highest BCUT2D eigenvalue weighted by atomic mass is 19.1. The van der Waals surface area contributed by atoms with E-state index in [4.69, 9.17) is 19.9 Å². The van der Waals surface area contributed by atoms with Crippen LogP contribution in [0, 0.1) is 11.6 Å². The molecule has 0 saturated heterocycles. The molecule has 0 radical (unpaired) electrons. The maximum atomic E-state index is 14.6. The van der Waals surface area contributed by atoms with Gasteiger partial charge in [0.15, 0.2) is 23.1 Å². The number of benzene rings is 2. The van der Waals surface area contributed by atoms with Gasteiger partial charge in [0.05, 0.1) is 13.2 Å². The topological polar surface area (TPSA) is 84.4 Å². The van der Waals surface area contributed by atoms with Gasteiger partial charge in [-0.15, -0.1) is 5.10 Å². The SMILES string of the molecule is COc1ccccc1OCc1nc([C@H]2CC[C@@H](OC)[C@H](N)C2)n(-c2ccc(F)cc2F)n1. The van der Waals surface area contributed by atoms with Crippen LogP contribution < -0.4 is 15.2 Å². The Morgan fingerprint density at radius 1 is 1.09 bits per heavy atom. The van der Waals surface area contributed by atoms with Crippen LogP contribution in [0.15, 0.2) is 42.5 Å². The summed E-state index contributed by atoms with van der Waals surface area (Å²) >= 11 is 0. The number of nitrogens with zero attached hydrogens (tertiary/aromatic N) is 3. The van der Waals surface area contributed by atoms with Crippen LogP contribution in [0.3, 0.4) is 0 Å². The van der Waals surface area contributed by atoms with E-state index < -0.39 is 11.6 Å². The number of ether oxygens (including phenoxy) is 3. The Bertz CT molecular complexity index is 1080. The van der Waals surface area contributed by atoms with Gasteiger partial charge in [0.1, 0.15) is 23.9 Å². The zero-order valence-corrected chi connectivity index (χ0v) is 18.0. The molecule has 1 aliphatic rings. The van der Waals surface area contributed by atoms with Gasteiger partial charge in [0.25, 0.3) is 0 Å². The first-order valence-electron chi connectivity index (χ1n) is 10.5. The van der Waals surface area contributed by atoms with Gasteiger partial charge < -0.3 is 19.9 Å². The zero-order valence-electron chi connectivity index (χ0n) is 18.0. The van der Waals surface area contributed by atoms with E-state index >= 15 is 0 Å². The number of methoxy groups -OCH3 is 2. The van der Waals surface area contributed by atoms with Gasteiger partial charge in [-0.2, -0.15) is 0 Å². The van der Waals surface area contributed by atoms with Crippen molar-refractivity contribution in [2.75, 3.05) is 14.2 Å². The lowest BCUT2D eigenvalue weighted by atomic mass is 9.83. The lowest BCUT2D eigenvalue weighted by Gasteiger charge is -2.32. The van der Waals surface area contributed by atoms with Crippen LogP contribution in [-0.4, -0.2) is 41.1 Å². The molecule has 2 aromatic carbocycles. The highest BCUT2D eigenvalue weighted by Crippen LogP contribution is 2.34. The van der Waals surface area contributed by atoms with Crippen molar-refractivity contribution >= 4 is 0 Å². The fourth-order valence-corrected chi connectivity index (χ4v) is 4.11. The molecule has 2 N–H and O–H groups in total. The average molecular weight is 444 g/mol. The normalized spacial score (nSPS) is 20.8. The first-order chi connectivity index (χ1) is 15.5. The third-order valence-electron chi connectivity index (χ3n) is 5.74. The number of hydrogen-bond acceptors (Lipinski definition) is 6. The van der Waals surface area contributed by atoms with Crippen molar-refractivity contribution in [1.29, 1.82) is 0 Å². The zero-order chi connectivity index (χ0) is 22.7. The molecule has 3 aromatic rings. The molecule has 0 amide bonds. The minimum absolute atomic E-state index is 0.0291. The van der Waals surface area contributed by atoms with Crippen LogP contribution in [0.1, 0.15) is 36.8 Å². The second-order valence-corrected chi connectivity index (χ2v) is 7.78. The van der Waals surface area contributed by atoms with Crippen molar-refractivity contribution in [2.24, 2.45) is 5.73 Å². The van der Waals surface area contributed by atoms with Crippen LogP contribution in [0.5, 0.6) is 11.5 Å². The summed E-state index contributed by atoms with van der Waals surface area (Å²) in [7, 11) is 3.21. The predicted octanol–water partition coefficient (Wildman–Crippen LogP) is 3.74. The highest BCUT2D eigenvalue weighted by molar-refractivity contribution is 5.39. The highest BCUT2D eigenvalue weighted by Gasteiger charge is 2.32. The second kappa shape index (κ2) is 9.62. The van der Waals surface area contributed by atoms with E-state index in [-0.39, 0.29) is 30.4 Å². The van der Waals surface area contributed by atoms with Gasteiger partial charge in [-0.25, -0.2) is 18.4 Å². The number of nitrogens with two attached hydrogens (primary N) is 1. The Morgan fingerprint density at radius 3 is 2.56 bits per heavy atom. The smallest absolute Gasteiger partial charge is 0.188 e. The summed E-state index contributed by atoms with van der Waals surface area (Å²) in [4.78, 5) is 4.66. The van der Waals surface area contributed by atoms with Gasteiger partial charge in [-0.3, -0.25) is 0 Å². The monoisotopic (exact) mass is 444 g/mol. The third-order valence-corrected chi connectivity index (χ3v) is 5.74. The standard InChI is InChI=1S/C23H26F2N4O3/c1-30-19-10-7-14(11-17(19)26)23-27-22(13-32-21-6-4-3-5-20(21)31-2)28-29(23)18-9-8-15(24)12-16(18)25/h3-6,8-9,12,14,17,19H,7,10-11,13,26H2,1-2H3/t14-,17+,19+/m0/s1. The van der Waals surface area contributed by atoms with Crippen LogP contribution in [-0.2, 0) is 11.3 Å². The quantitative estimate of drug-likeness (QED) is 0.598. The lowest BCUT2D eigenvalue weighted by Crippen LogP contribution is -2.41. The molecular weight excluding hydrogens is 418 g/mol. The number of para-hydroxylation sites is 2. The molecule has 1 saturated carbocycles. The predicted molar refractivity (Wildman–Crippen MR) is 114 cm³/mol. The Kier molecular flexibility index (Phi) is 6.66. The largest absolute Gasteiger partial charge is 0.493 e. The number of halogens is 2. The lowest BCUT2D eigenvalue weighted by molar-refractivity contribution is 0.0482. The minimum Gasteiger partial charge on any atom is -0.493 e. The number of aromatic nitrogens is 3. The van der Waals surface area contributed by atoms with Gasteiger partial charge >= 0.3 is 0 Å². The Hall–Kier alpha value is -3.04. The molecule has 3 atom stereocenters. The first-order valence-corrected chi connectivity index (χ1v) is 10.5. The number of hydrogen-bond donors (Lipinski definition) is 1. The molecule has 1 heterocycles. The Balaban J connectivity index is 1.65. The maximum absolute atomic E-state index is 14.6. The van der Waals surface area contributed by atoms with Crippen molar-refractivity contribution in [1.82, 2.24) is 14.8 Å². The van der Waals surface area contributed by atoms with Crippen molar-refractivity contribution in [3.63, 3.8) is 0 Å². The molecule has 0 aliphatic heterocycles. The summed E-state index contributed by atoms with van der Waals surface area (Å²) in [5.74, 6) is 0.646. The molecule has 4 rings (SSSR count). The van der Waals surface area contributed by atoms with Crippen LogP contribution >= 0.6 is 0 Å². The molecule has 170 valence electrons. The third kappa shape index (κ3) is 4.58. The fraction of sp³-hybridized carbons (Fsp3) is 0.391. The van der Waals surface area contributed by atoms with Crippen molar-refractivity contribution in [2.45, 2.75) is 43.9 Å². The van der Waals surface area contributed by atoms with E-state index in [1.165, 1.54) is 16.8 Å². The summed E-state index contributed by atoms with van der Waals surface area (Å²) in [6.07, 6.45) is 2.11. The summed E-state index contributed by atoms with van der Waals surface area (Å²) in [6.45, 7) is 0.0582. The van der Waals surface area contributed by atoms with Crippen LogP contribution in [0.25, 0.3) is 5.69 Å². The van der Waals surface area contributed by atoms with Crippen LogP contribution in [0.4, 0.5) is 8.78 Å². The molecule has 0 spiro atoms. The van der Waals surface area contributed by atoms with E-state index in [0.717, 1.165) is 18.9 Å². The molecule has 32 heavy (non-hydrogen) atoms. The van der Waals surface area contributed by atoms with Gasteiger partial charge in [0.2, 0.25) is 0 Å². The van der Waals surface area contributed by atoms with E-state index in [2.05, 4.69) is 10.1 Å². The maximum Gasteiger partial charge on any atom is 0.188 e. The molecule has 0 unspecified atom stereocenters. The van der Waals surface area contributed by atoms with E-state index in [1.54, 1.807) is 26.4 Å². The molecule has 9 heteroatoms. The molecule has 7 nitrogen and oxygen atoms in total. The molecule has 1 aliphatic carbocycles. The summed E-state index contributed by atoms with van der Waals surface area (Å²) in [5.41, 5.74) is 6.41. The fourth-order valence-electron chi connectivity index (χ4n) is 4.11. The molecule has 1 fully saturated rings. The average Bonchev–Trinajstić information content (AvgIpc) is 3.21. The Labute approximate surface area is 185 Å². The van der Waals surface area contributed by atoms with Crippen molar-refractivity contribution < 1.29 is 23.0 Å². The van der Waals surface area contributed by atoms with E-state index in [0.29, 0.717) is 29.6 Å². The summed E-state index contributed by atoms with van der Waals surface area (Å²) in [6, 6.07) is 10.5. The van der Waals surface area contributed by atoms with E-state index in [1.807, 2.05) is 12.1 Å². The Morgan fingerprint density at radius 2 is 1.88 bits per heavy atom. The number of rotatable bonds is 7. The van der Waals surface area contributed by atoms with Gasteiger partial charge in [-0.1, -0.05) is 12.1 Å². The van der Waals surface area contributed by atoms with Crippen LogP contribution in [0.2, 0.25) is 0 Å². The van der Waals surface area contributed by atoms with Gasteiger partial charge in [-0.05, 0) is 43.5 Å². The molecular formula is C23H26F2N4O3. The second-order valence-electron chi connectivity index (χ2n) is 7.78. The van der Waals surface area contributed by atoms with Gasteiger partial charge in [0, 0.05) is 25.1 Å². The summed E-state index contributed by atoms with van der Waals surface area (Å²) < 4.78 is 46.1. The minimum atomic E-state index is -0.719. The van der Waals surface area contributed by atoms with Crippen molar-refractivity contribution in [3.8, 4) is 17.2 Å². The van der Waals surface area contributed by atoms with Crippen molar-refractivity contribution in [3.05, 3.63) is 65.7 Å². The summed E-state index contributed by atoms with van der Waals surface area (Å²) in [5, 5.41) is 4.49. The molecule has 1 aromatic heterocycles.